The van der Waals surface area contributed by atoms with Crippen molar-refractivity contribution in [1.82, 2.24) is 19.5 Å². The first-order chi connectivity index (χ1) is 21.5. The monoisotopic (exact) mass is 624 g/mol. The van der Waals surface area contributed by atoms with E-state index >= 15 is 0 Å². The zero-order chi connectivity index (χ0) is 32.2. The van der Waals surface area contributed by atoms with Crippen LogP contribution in [0.2, 0.25) is 0 Å². The quantitative estimate of drug-likeness (QED) is 0.134. The molecule has 0 aliphatic heterocycles. The third-order valence-electron chi connectivity index (χ3n) is 8.12. The number of benzene rings is 2. The van der Waals surface area contributed by atoms with E-state index in [1.54, 1.807) is 18.0 Å². The highest BCUT2D eigenvalue weighted by Gasteiger charge is 2.38. The lowest BCUT2D eigenvalue weighted by Crippen LogP contribution is -2.33. The fraction of sp³-hybridized carbons (Fsp3) is 0.333. The maximum Gasteiger partial charge on any atom is 0.310 e. The number of thioether (sulfide) groups is 1. The second kappa shape index (κ2) is 13.3. The number of aromatic nitrogens is 4. The molecular formula is C36H40N4O4S. The molecule has 0 radical (unpaired) electrons. The first-order valence-electron chi connectivity index (χ1n) is 15.2. The van der Waals surface area contributed by atoms with Gasteiger partial charge in [-0.3, -0.25) is 9.78 Å². The lowest BCUT2D eigenvalue weighted by atomic mass is 9.78. The molecule has 9 heteroatoms. The van der Waals surface area contributed by atoms with Crippen LogP contribution in [-0.2, 0) is 24.4 Å². The van der Waals surface area contributed by atoms with Gasteiger partial charge in [-0.1, -0.05) is 65.0 Å². The smallest absolute Gasteiger partial charge is 0.310 e. The summed E-state index contributed by atoms with van der Waals surface area (Å²) in [6, 6.07) is 19.9. The Balaban J connectivity index is 1.62. The van der Waals surface area contributed by atoms with Crippen molar-refractivity contribution in [2.45, 2.75) is 76.7 Å². The van der Waals surface area contributed by atoms with Crippen molar-refractivity contribution in [3.05, 3.63) is 96.2 Å². The average molecular weight is 625 g/mol. The van der Waals surface area contributed by atoms with Crippen molar-refractivity contribution in [3.63, 3.8) is 0 Å². The van der Waals surface area contributed by atoms with E-state index in [1.165, 1.54) is 12.4 Å². The zero-order valence-electron chi connectivity index (χ0n) is 26.4. The van der Waals surface area contributed by atoms with Crippen LogP contribution in [0.25, 0.3) is 22.3 Å². The number of aliphatic carboxylic acids is 1. The first-order valence-corrected chi connectivity index (χ1v) is 16.0. The predicted molar refractivity (Wildman–Crippen MR) is 179 cm³/mol. The Kier molecular flexibility index (Phi) is 9.48. The van der Waals surface area contributed by atoms with E-state index in [9.17, 15) is 15.0 Å². The molecular weight excluding hydrogens is 584 g/mol. The predicted octanol–water partition coefficient (Wildman–Crippen LogP) is 8.15. The summed E-state index contributed by atoms with van der Waals surface area (Å²) in [7, 11) is 0. The Morgan fingerprint density at radius 3 is 2.27 bits per heavy atom. The molecule has 3 heterocycles. The fourth-order valence-electron chi connectivity index (χ4n) is 5.47. The fourth-order valence-corrected chi connectivity index (χ4v) is 6.66. The SMILES string of the molecule is CCC(CC)(Cc1c(SC(C)(C)C)c2cc(OCc3ccccn3)ccc2n1Cc1ccc(-c2ncc(O)cn2)cc1)C(=O)O. The van der Waals surface area contributed by atoms with E-state index in [0.29, 0.717) is 38.2 Å². The number of carboxylic acids is 1. The minimum Gasteiger partial charge on any atom is -0.505 e. The number of rotatable bonds is 12. The van der Waals surface area contributed by atoms with Crippen LogP contribution in [0, 0.1) is 5.41 Å². The molecule has 3 aromatic heterocycles. The van der Waals surface area contributed by atoms with Gasteiger partial charge in [-0.25, -0.2) is 9.97 Å². The van der Waals surface area contributed by atoms with Crippen molar-refractivity contribution in [1.29, 1.82) is 0 Å². The summed E-state index contributed by atoms with van der Waals surface area (Å²) in [5, 5.41) is 21.1. The molecule has 0 bridgehead atoms. The van der Waals surface area contributed by atoms with Crippen LogP contribution >= 0.6 is 11.8 Å². The highest BCUT2D eigenvalue weighted by Crippen LogP contribution is 2.45. The topological polar surface area (TPSA) is 110 Å². The van der Waals surface area contributed by atoms with Crippen molar-refractivity contribution >= 4 is 28.6 Å². The van der Waals surface area contributed by atoms with Gasteiger partial charge in [0.25, 0.3) is 0 Å². The number of pyridine rings is 1. The van der Waals surface area contributed by atoms with Crippen molar-refractivity contribution in [2.75, 3.05) is 0 Å². The van der Waals surface area contributed by atoms with Gasteiger partial charge in [0.05, 0.1) is 23.5 Å². The lowest BCUT2D eigenvalue weighted by Gasteiger charge is -2.29. The van der Waals surface area contributed by atoms with Gasteiger partial charge in [-0.05, 0) is 48.7 Å². The van der Waals surface area contributed by atoms with E-state index in [4.69, 9.17) is 4.74 Å². The summed E-state index contributed by atoms with van der Waals surface area (Å²) in [5.74, 6) is 0.522. The van der Waals surface area contributed by atoms with Crippen molar-refractivity contribution in [3.8, 4) is 22.9 Å². The van der Waals surface area contributed by atoms with Crippen molar-refractivity contribution < 1.29 is 19.7 Å². The first kappa shape index (κ1) is 32.0. The van der Waals surface area contributed by atoms with Crippen LogP contribution in [0.5, 0.6) is 11.5 Å². The third-order valence-corrected chi connectivity index (χ3v) is 9.39. The normalized spacial score (nSPS) is 12.0. The molecule has 0 aliphatic rings. The Morgan fingerprint density at radius 1 is 0.956 bits per heavy atom. The molecule has 0 unspecified atom stereocenters. The van der Waals surface area contributed by atoms with Crippen LogP contribution in [-0.4, -0.2) is 40.4 Å². The molecule has 0 fully saturated rings. The molecule has 0 spiro atoms. The van der Waals surface area contributed by atoms with E-state index in [-0.39, 0.29) is 10.5 Å². The number of hydrogen-bond acceptors (Lipinski definition) is 7. The van der Waals surface area contributed by atoms with Crippen LogP contribution in [0.4, 0.5) is 0 Å². The maximum atomic E-state index is 12.8. The number of carbonyl (C=O) groups is 1. The number of hydrogen-bond donors (Lipinski definition) is 2. The van der Waals surface area contributed by atoms with Crippen molar-refractivity contribution in [2.24, 2.45) is 5.41 Å². The molecule has 2 N–H and O–H groups in total. The van der Waals surface area contributed by atoms with Crippen LogP contribution in [0.3, 0.4) is 0 Å². The molecule has 0 atom stereocenters. The van der Waals surface area contributed by atoms with E-state index in [0.717, 1.165) is 44.1 Å². The molecule has 8 nitrogen and oxygen atoms in total. The summed E-state index contributed by atoms with van der Waals surface area (Å²) < 4.78 is 8.36. The van der Waals surface area contributed by atoms with Gasteiger partial charge >= 0.3 is 5.97 Å². The highest BCUT2D eigenvalue weighted by molar-refractivity contribution is 8.00. The molecule has 0 saturated heterocycles. The van der Waals surface area contributed by atoms with Crippen LogP contribution < -0.4 is 4.74 Å². The third kappa shape index (κ3) is 7.31. The molecule has 0 amide bonds. The van der Waals surface area contributed by atoms with Gasteiger partial charge in [0, 0.05) is 51.0 Å². The van der Waals surface area contributed by atoms with E-state index in [1.807, 2.05) is 62.4 Å². The van der Waals surface area contributed by atoms with Gasteiger partial charge in [-0.15, -0.1) is 11.8 Å². The molecule has 234 valence electrons. The Hall–Kier alpha value is -4.37. The summed E-state index contributed by atoms with van der Waals surface area (Å²) in [6.45, 7) is 11.4. The zero-order valence-corrected chi connectivity index (χ0v) is 27.3. The lowest BCUT2D eigenvalue weighted by molar-refractivity contribution is -0.149. The van der Waals surface area contributed by atoms with Gasteiger partial charge in [0.2, 0.25) is 0 Å². The number of aromatic hydroxyl groups is 1. The molecule has 5 rings (SSSR count). The molecule has 5 aromatic rings. The van der Waals surface area contributed by atoms with Gasteiger partial charge in [0.15, 0.2) is 11.6 Å². The summed E-state index contributed by atoms with van der Waals surface area (Å²) >= 11 is 1.77. The number of ether oxygens (including phenoxy) is 1. The molecule has 45 heavy (non-hydrogen) atoms. The second-order valence-electron chi connectivity index (χ2n) is 12.3. The van der Waals surface area contributed by atoms with Crippen LogP contribution in [0.1, 0.15) is 64.4 Å². The summed E-state index contributed by atoms with van der Waals surface area (Å²) in [6.07, 6.45) is 5.99. The summed E-state index contributed by atoms with van der Waals surface area (Å²) in [5.41, 5.74) is 3.91. The van der Waals surface area contributed by atoms with Crippen LogP contribution in [0.15, 0.2) is 84.1 Å². The standard InChI is InChI=1S/C36H40N4O4S/c1-6-36(7-2,34(42)43)19-31-32(45-35(3,4)5)29-18-28(44-23-26-10-8-9-17-37-26)15-16-30(29)40(31)22-24-11-13-25(14-12-24)33-38-20-27(41)21-39-33/h8-18,20-21,41H,6-7,19,22-23H2,1-5H3,(H,42,43). The number of nitrogens with zero attached hydrogens (tertiary/aromatic N) is 4. The second-order valence-corrected chi connectivity index (χ2v) is 14.1. The van der Waals surface area contributed by atoms with Gasteiger partial charge in [0.1, 0.15) is 12.4 Å². The largest absolute Gasteiger partial charge is 0.505 e. The van der Waals surface area contributed by atoms with Gasteiger partial charge in [-0.2, -0.15) is 0 Å². The Morgan fingerprint density at radius 2 is 1.67 bits per heavy atom. The molecule has 0 aliphatic carbocycles. The van der Waals surface area contributed by atoms with E-state index < -0.39 is 11.4 Å². The molecule has 2 aromatic carbocycles. The minimum atomic E-state index is -0.891. The highest BCUT2D eigenvalue weighted by atomic mass is 32.2. The molecule has 0 saturated carbocycles. The minimum absolute atomic E-state index is 0.0215. The maximum absolute atomic E-state index is 12.8. The number of carboxylic acid groups (broad SMARTS) is 1. The average Bonchev–Trinajstić information content (AvgIpc) is 3.29. The summed E-state index contributed by atoms with van der Waals surface area (Å²) in [4.78, 5) is 26.7. The Labute approximate surface area is 268 Å². The van der Waals surface area contributed by atoms with E-state index in [2.05, 4.69) is 52.4 Å². The number of fused-ring (bicyclic) bond motifs is 1. The van der Waals surface area contributed by atoms with Gasteiger partial charge < -0.3 is 19.5 Å². The Bertz CT molecular complexity index is 1760.